The summed E-state index contributed by atoms with van der Waals surface area (Å²) in [5.41, 5.74) is 7.49. The number of carbonyl (C=O) groups is 1. The van der Waals surface area contributed by atoms with Crippen molar-refractivity contribution in [3.63, 3.8) is 0 Å². The quantitative estimate of drug-likeness (QED) is 0.849. The number of nitrogens with two attached hydrogens (primary N) is 1. The summed E-state index contributed by atoms with van der Waals surface area (Å²) in [6.45, 7) is 3.18. The van der Waals surface area contributed by atoms with Crippen LogP contribution in [-0.2, 0) is 0 Å². The van der Waals surface area contributed by atoms with Crippen molar-refractivity contribution in [1.29, 1.82) is 0 Å². The highest BCUT2D eigenvalue weighted by Crippen LogP contribution is 2.29. The zero-order chi connectivity index (χ0) is 15.7. The Balaban J connectivity index is 0.00000144. The number of benzene rings is 1. The molecule has 0 saturated carbocycles. The average molecular weight is 392 g/mol. The molecule has 0 bridgehead atoms. The Bertz CT molecular complexity index is 693. The van der Waals surface area contributed by atoms with Crippen LogP contribution in [0.25, 0.3) is 10.6 Å². The van der Waals surface area contributed by atoms with Crippen molar-refractivity contribution in [2.75, 3.05) is 13.1 Å². The summed E-state index contributed by atoms with van der Waals surface area (Å²) in [5, 5.41) is 0.738. The van der Waals surface area contributed by atoms with Gasteiger partial charge in [-0.25, -0.2) is 9.37 Å². The topological polar surface area (TPSA) is 59.2 Å². The molecular weight excluding hydrogens is 372 g/mol. The third kappa shape index (κ3) is 4.45. The zero-order valence-electron chi connectivity index (χ0n) is 13.2. The van der Waals surface area contributed by atoms with Crippen LogP contribution >= 0.6 is 36.2 Å². The Labute approximate surface area is 157 Å². The van der Waals surface area contributed by atoms with Gasteiger partial charge in [0, 0.05) is 24.7 Å². The molecule has 1 aliphatic heterocycles. The minimum absolute atomic E-state index is 0. The van der Waals surface area contributed by atoms with Crippen molar-refractivity contribution in [1.82, 2.24) is 9.88 Å². The Hall–Kier alpha value is -1.21. The number of halogens is 3. The Morgan fingerprint density at radius 2 is 2.00 bits per heavy atom. The van der Waals surface area contributed by atoms with Gasteiger partial charge in [-0.05, 0) is 44.0 Å². The molecule has 0 radical (unpaired) electrons. The number of rotatable bonds is 2. The lowest BCUT2D eigenvalue weighted by molar-refractivity contribution is 0.0713. The highest BCUT2D eigenvalue weighted by atomic mass is 35.5. The Morgan fingerprint density at radius 3 is 2.62 bits per heavy atom. The number of hydrogen-bond donors (Lipinski definition) is 1. The van der Waals surface area contributed by atoms with E-state index in [4.69, 9.17) is 5.73 Å². The van der Waals surface area contributed by atoms with Crippen molar-refractivity contribution in [3.05, 3.63) is 40.7 Å². The molecule has 1 atom stereocenters. The van der Waals surface area contributed by atoms with E-state index in [0.717, 1.165) is 30.0 Å². The fourth-order valence-corrected chi connectivity index (χ4v) is 3.69. The maximum atomic E-state index is 13.0. The van der Waals surface area contributed by atoms with Crippen molar-refractivity contribution in [2.24, 2.45) is 5.73 Å². The number of nitrogens with zero attached hydrogens (tertiary/aromatic N) is 2. The van der Waals surface area contributed by atoms with Gasteiger partial charge in [-0.15, -0.1) is 36.2 Å². The second-order valence-corrected chi connectivity index (χ2v) is 6.59. The van der Waals surface area contributed by atoms with Crippen molar-refractivity contribution < 1.29 is 9.18 Å². The summed E-state index contributed by atoms with van der Waals surface area (Å²) < 4.78 is 13.0. The molecule has 24 heavy (non-hydrogen) atoms. The molecule has 1 aliphatic rings. The van der Waals surface area contributed by atoms with Crippen LogP contribution < -0.4 is 5.73 Å². The molecule has 132 valence electrons. The molecule has 1 aromatic carbocycles. The summed E-state index contributed by atoms with van der Waals surface area (Å²) >= 11 is 1.36. The molecule has 3 rings (SSSR count). The van der Waals surface area contributed by atoms with E-state index < -0.39 is 0 Å². The summed E-state index contributed by atoms with van der Waals surface area (Å²) in [6, 6.07) is 6.22. The first-order valence-electron chi connectivity index (χ1n) is 7.33. The minimum atomic E-state index is -0.282. The second kappa shape index (κ2) is 8.76. The monoisotopic (exact) mass is 391 g/mol. The number of likely N-dealkylation sites (tertiary alicyclic amines) is 1. The van der Waals surface area contributed by atoms with Gasteiger partial charge in [0.2, 0.25) is 0 Å². The van der Waals surface area contributed by atoms with E-state index in [1.54, 1.807) is 12.1 Å². The van der Waals surface area contributed by atoms with Crippen molar-refractivity contribution in [2.45, 2.75) is 25.8 Å². The molecule has 0 aliphatic carbocycles. The highest BCUT2D eigenvalue weighted by molar-refractivity contribution is 7.17. The standard InChI is InChI=1S/C16H18FN3OS.2ClH/c1-10-14(16(21)20-8-2-3-13(18)9-20)22-15(19-10)11-4-6-12(17)7-5-11;;/h4-7,13H,2-3,8-9,18H2,1H3;2*1H. The molecule has 1 fully saturated rings. The van der Waals surface area contributed by atoms with Crippen molar-refractivity contribution >= 4 is 42.1 Å². The van der Waals surface area contributed by atoms with Crippen molar-refractivity contribution in [3.8, 4) is 10.6 Å². The van der Waals surface area contributed by atoms with Crippen LogP contribution in [0.3, 0.4) is 0 Å². The number of aryl methyl sites for hydroxylation is 1. The predicted octanol–water partition coefficient (Wildman–Crippen LogP) is 3.66. The average Bonchev–Trinajstić information content (AvgIpc) is 2.89. The molecule has 2 aromatic rings. The van der Waals surface area contributed by atoms with Gasteiger partial charge in [-0.2, -0.15) is 0 Å². The van der Waals surface area contributed by atoms with Crippen LogP contribution in [-0.4, -0.2) is 34.9 Å². The van der Waals surface area contributed by atoms with Crippen LogP contribution in [0.5, 0.6) is 0 Å². The Kier molecular flexibility index (Phi) is 7.60. The van der Waals surface area contributed by atoms with E-state index in [1.165, 1.54) is 23.5 Å². The Morgan fingerprint density at radius 1 is 1.33 bits per heavy atom. The van der Waals surface area contributed by atoms with Gasteiger partial charge in [0.05, 0.1) is 5.69 Å². The maximum absolute atomic E-state index is 13.0. The SMILES string of the molecule is Cc1nc(-c2ccc(F)cc2)sc1C(=O)N1CCCC(N)C1.Cl.Cl. The number of piperidine rings is 1. The van der Waals surface area contributed by atoms with E-state index in [2.05, 4.69) is 4.98 Å². The van der Waals surface area contributed by atoms with Gasteiger partial charge in [-0.3, -0.25) is 4.79 Å². The zero-order valence-corrected chi connectivity index (χ0v) is 15.6. The van der Waals surface area contributed by atoms with E-state index in [-0.39, 0.29) is 42.6 Å². The lowest BCUT2D eigenvalue weighted by Gasteiger charge is -2.30. The van der Waals surface area contributed by atoms with Gasteiger partial charge in [-0.1, -0.05) is 0 Å². The number of aromatic nitrogens is 1. The maximum Gasteiger partial charge on any atom is 0.265 e. The number of thiazole rings is 1. The fourth-order valence-electron chi connectivity index (χ4n) is 2.65. The summed E-state index contributed by atoms with van der Waals surface area (Å²) in [4.78, 5) is 19.6. The molecule has 0 spiro atoms. The highest BCUT2D eigenvalue weighted by Gasteiger charge is 2.25. The van der Waals surface area contributed by atoms with E-state index in [9.17, 15) is 9.18 Å². The molecule has 1 saturated heterocycles. The molecule has 8 heteroatoms. The lowest BCUT2D eigenvalue weighted by Crippen LogP contribution is -2.45. The molecule has 1 amide bonds. The molecular formula is C16H20Cl2FN3OS. The van der Waals surface area contributed by atoms with Gasteiger partial charge >= 0.3 is 0 Å². The van der Waals surface area contributed by atoms with E-state index >= 15 is 0 Å². The summed E-state index contributed by atoms with van der Waals surface area (Å²) in [5.74, 6) is -0.283. The second-order valence-electron chi connectivity index (χ2n) is 5.59. The number of carbonyl (C=O) groups excluding carboxylic acids is 1. The van der Waals surface area contributed by atoms with E-state index in [0.29, 0.717) is 17.1 Å². The fraction of sp³-hybridized carbons (Fsp3) is 0.375. The molecule has 1 unspecified atom stereocenters. The largest absolute Gasteiger partial charge is 0.336 e. The van der Waals surface area contributed by atoms with Crippen LogP contribution in [0.15, 0.2) is 24.3 Å². The first kappa shape index (κ1) is 20.8. The minimum Gasteiger partial charge on any atom is -0.336 e. The molecule has 1 aromatic heterocycles. The predicted molar refractivity (Wildman–Crippen MR) is 99.9 cm³/mol. The van der Waals surface area contributed by atoms with Crippen LogP contribution in [0.1, 0.15) is 28.2 Å². The first-order chi connectivity index (χ1) is 10.5. The summed E-state index contributed by atoms with van der Waals surface area (Å²) in [6.07, 6.45) is 1.90. The molecule has 2 N–H and O–H groups in total. The van der Waals surface area contributed by atoms with E-state index in [1.807, 2.05) is 11.8 Å². The van der Waals surface area contributed by atoms with Gasteiger partial charge in [0.25, 0.3) is 5.91 Å². The normalized spacial score (nSPS) is 17.0. The lowest BCUT2D eigenvalue weighted by atomic mass is 10.1. The van der Waals surface area contributed by atoms with Crippen LogP contribution in [0.2, 0.25) is 0 Å². The summed E-state index contributed by atoms with van der Waals surface area (Å²) in [7, 11) is 0. The third-order valence-electron chi connectivity index (χ3n) is 3.83. The number of amides is 1. The van der Waals surface area contributed by atoms with Gasteiger partial charge in [0.1, 0.15) is 15.7 Å². The van der Waals surface area contributed by atoms with Crippen LogP contribution in [0, 0.1) is 12.7 Å². The van der Waals surface area contributed by atoms with Crippen LogP contribution in [0.4, 0.5) is 4.39 Å². The third-order valence-corrected chi connectivity index (χ3v) is 5.02. The number of hydrogen-bond acceptors (Lipinski definition) is 4. The smallest absolute Gasteiger partial charge is 0.265 e. The molecule has 4 nitrogen and oxygen atoms in total. The first-order valence-corrected chi connectivity index (χ1v) is 8.14. The van der Waals surface area contributed by atoms with Gasteiger partial charge < -0.3 is 10.6 Å². The molecule has 2 heterocycles. The van der Waals surface area contributed by atoms with Gasteiger partial charge in [0.15, 0.2) is 0 Å².